The van der Waals surface area contributed by atoms with E-state index < -0.39 is 11.7 Å². The van der Waals surface area contributed by atoms with Crippen LogP contribution in [-0.4, -0.2) is 44.5 Å². The zero-order chi connectivity index (χ0) is 18.4. The Kier molecular flexibility index (Phi) is 5.94. The molecule has 0 fully saturated rings. The van der Waals surface area contributed by atoms with Gasteiger partial charge in [0.2, 0.25) is 5.91 Å². The summed E-state index contributed by atoms with van der Waals surface area (Å²) in [4.78, 5) is 25.8. The molecule has 0 aromatic heterocycles. The quantitative estimate of drug-likeness (QED) is 0.873. The third-order valence-electron chi connectivity index (χ3n) is 3.47. The first-order valence-corrected chi connectivity index (χ1v) is 7.47. The van der Waals surface area contributed by atoms with E-state index in [1.165, 1.54) is 38.3 Å². The van der Waals surface area contributed by atoms with Gasteiger partial charge in [-0.2, -0.15) is 0 Å². The summed E-state index contributed by atoms with van der Waals surface area (Å²) in [7, 11) is 4.37. The topological polar surface area (TPSA) is 67.9 Å². The molecule has 25 heavy (non-hydrogen) atoms. The van der Waals surface area contributed by atoms with E-state index in [0.717, 1.165) is 6.07 Å². The van der Waals surface area contributed by atoms with Crippen molar-refractivity contribution in [2.75, 3.05) is 33.1 Å². The summed E-state index contributed by atoms with van der Waals surface area (Å²) in [6.45, 7) is -0.199. The number of likely N-dealkylation sites (N-methyl/N-ethyl adjacent to an activating group) is 1. The summed E-state index contributed by atoms with van der Waals surface area (Å²) in [6.07, 6.45) is 0. The van der Waals surface area contributed by atoms with Crippen LogP contribution in [0.1, 0.15) is 10.4 Å². The van der Waals surface area contributed by atoms with E-state index in [2.05, 4.69) is 5.32 Å². The highest BCUT2D eigenvalue weighted by molar-refractivity contribution is 6.00. The van der Waals surface area contributed by atoms with Gasteiger partial charge in [0.05, 0.1) is 26.3 Å². The lowest BCUT2D eigenvalue weighted by atomic mass is 10.1. The Balaban J connectivity index is 2.05. The number of anilines is 1. The van der Waals surface area contributed by atoms with Gasteiger partial charge in [-0.1, -0.05) is 6.07 Å². The lowest BCUT2D eigenvalue weighted by Gasteiger charge is -2.18. The molecule has 0 saturated carbocycles. The Labute approximate surface area is 145 Å². The number of amides is 2. The van der Waals surface area contributed by atoms with Crippen molar-refractivity contribution in [3.8, 4) is 11.5 Å². The summed E-state index contributed by atoms with van der Waals surface area (Å²) in [6, 6.07) is 10.5. The molecule has 0 aliphatic carbocycles. The first kappa shape index (κ1) is 18.3. The molecule has 1 N–H and O–H groups in total. The van der Waals surface area contributed by atoms with Gasteiger partial charge in [-0.05, 0) is 30.3 Å². The third kappa shape index (κ3) is 4.69. The maximum absolute atomic E-state index is 13.4. The molecule has 0 radical (unpaired) electrons. The minimum Gasteiger partial charge on any atom is -0.497 e. The van der Waals surface area contributed by atoms with Crippen LogP contribution in [0, 0.1) is 5.82 Å². The first-order valence-electron chi connectivity index (χ1n) is 7.47. The number of rotatable bonds is 6. The second-order valence-corrected chi connectivity index (χ2v) is 5.29. The highest BCUT2D eigenvalue weighted by Crippen LogP contribution is 2.21. The molecule has 2 rings (SSSR count). The minimum atomic E-state index is -0.557. The molecular formula is C18H19FN2O4. The molecule has 7 heteroatoms. The third-order valence-corrected chi connectivity index (χ3v) is 3.47. The van der Waals surface area contributed by atoms with Crippen molar-refractivity contribution >= 4 is 17.5 Å². The molecular weight excluding hydrogens is 327 g/mol. The van der Waals surface area contributed by atoms with Crippen molar-refractivity contribution in [2.24, 2.45) is 0 Å². The number of carbonyl (C=O) groups excluding carboxylic acids is 2. The Morgan fingerprint density at radius 3 is 2.56 bits per heavy atom. The minimum absolute atomic E-state index is 0.0548. The van der Waals surface area contributed by atoms with E-state index in [0.29, 0.717) is 11.4 Å². The fourth-order valence-electron chi connectivity index (χ4n) is 2.24. The summed E-state index contributed by atoms with van der Waals surface area (Å²) < 4.78 is 23.6. The maximum atomic E-state index is 13.4. The lowest BCUT2D eigenvalue weighted by Crippen LogP contribution is -2.35. The molecule has 0 atom stereocenters. The molecule has 6 nitrogen and oxygen atoms in total. The number of hydrogen-bond acceptors (Lipinski definition) is 4. The molecule has 0 saturated heterocycles. The highest BCUT2D eigenvalue weighted by Gasteiger charge is 2.19. The summed E-state index contributed by atoms with van der Waals surface area (Å²) in [5, 5.41) is 2.68. The van der Waals surface area contributed by atoms with Crippen LogP contribution < -0.4 is 14.8 Å². The van der Waals surface area contributed by atoms with Gasteiger partial charge in [0.15, 0.2) is 0 Å². The average Bonchev–Trinajstić information content (AvgIpc) is 2.60. The summed E-state index contributed by atoms with van der Waals surface area (Å²) in [5.74, 6) is -0.617. The van der Waals surface area contributed by atoms with Crippen LogP contribution in [0.25, 0.3) is 0 Å². The number of nitrogens with one attached hydrogen (secondary N) is 1. The molecule has 2 aromatic rings. The van der Waals surface area contributed by atoms with E-state index in [9.17, 15) is 14.0 Å². The van der Waals surface area contributed by atoms with Gasteiger partial charge in [-0.15, -0.1) is 0 Å². The van der Waals surface area contributed by atoms with Crippen LogP contribution in [-0.2, 0) is 4.79 Å². The Bertz CT molecular complexity index is 779. The Hall–Kier alpha value is -3.09. The van der Waals surface area contributed by atoms with Crippen molar-refractivity contribution < 1.29 is 23.5 Å². The molecule has 2 amide bonds. The van der Waals surface area contributed by atoms with Crippen molar-refractivity contribution in [3.63, 3.8) is 0 Å². The smallest absolute Gasteiger partial charge is 0.257 e. The van der Waals surface area contributed by atoms with Gasteiger partial charge in [0, 0.05) is 18.8 Å². The summed E-state index contributed by atoms with van der Waals surface area (Å²) in [5.41, 5.74) is 0.604. The van der Waals surface area contributed by atoms with Crippen LogP contribution in [0.4, 0.5) is 10.1 Å². The number of benzene rings is 2. The number of methoxy groups -OCH3 is 2. The SMILES string of the molecule is COc1cccc(NC(=O)CN(C)C(=O)c2cc(F)ccc2OC)c1. The van der Waals surface area contributed by atoms with Gasteiger partial charge in [0.1, 0.15) is 17.3 Å². The fourth-order valence-corrected chi connectivity index (χ4v) is 2.24. The van der Waals surface area contributed by atoms with E-state index in [-0.39, 0.29) is 23.8 Å². The van der Waals surface area contributed by atoms with Crippen molar-refractivity contribution in [2.45, 2.75) is 0 Å². The maximum Gasteiger partial charge on any atom is 0.257 e. The zero-order valence-electron chi connectivity index (χ0n) is 14.2. The summed E-state index contributed by atoms with van der Waals surface area (Å²) >= 11 is 0. The van der Waals surface area contributed by atoms with E-state index in [1.54, 1.807) is 24.3 Å². The van der Waals surface area contributed by atoms with Crippen molar-refractivity contribution in [1.29, 1.82) is 0 Å². The lowest BCUT2D eigenvalue weighted by molar-refractivity contribution is -0.116. The number of hydrogen-bond donors (Lipinski definition) is 1. The van der Waals surface area contributed by atoms with Crippen LogP contribution in [0.15, 0.2) is 42.5 Å². The Morgan fingerprint density at radius 2 is 1.88 bits per heavy atom. The van der Waals surface area contributed by atoms with Crippen LogP contribution in [0.5, 0.6) is 11.5 Å². The normalized spacial score (nSPS) is 10.1. The molecule has 0 aliphatic heterocycles. The van der Waals surface area contributed by atoms with Gasteiger partial charge in [-0.25, -0.2) is 4.39 Å². The second kappa shape index (κ2) is 8.14. The largest absolute Gasteiger partial charge is 0.497 e. The second-order valence-electron chi connectivity index (χ2n) is 5.29. The molecule has 0 unspecified atom stereocenters. The van der Waals surface area contributed by atoms with Crippen LogP contribution in [0.2, 0.25) is 0 Å². The van der Waals surface area contributed by atoms with Crippen LogP contribution in [0.3, 0.4) is 0 Å². The van der Waals surface area contributed by atoms with Gasteiger partial charge < -0.3 is 19.7 Å². The predicted octanol–water partition coefficient (Wildman–Crippen LogP) is 2.55. The van der Waals surface area contributed by atoms with Crippen LogP contribution >= 0.6 is 0 Å². The van der Waals surface area contributed by atoms with Crippen molar-refractivity contribution in [3.05, 3.63) is 53.8 Å². The molecule has 132 valence electrons. The fraction of sp³-hybridized carbons (Fsp3) is 0.222. The van der Waals surface area contributed by atoms with Crippen molar-refractivity contribution in [1.82, 2.24) is 4.90 Å². The average molecular weight is 346 g/mol. The van der Waals surface area contributed by atoms with Gasteiger partial charge >= 0.3 is 0 Å². The number of ether oxygens (including phenoxy) is 2. The molecule has 0 bridgehead atoms. The molecule has 0 heterocycles. The van der Waals surface area contributed by atoms with Gasteiger partial charge in [0.25, 0.3) is 5.91 Å². The first-order chi connectivity index (χ1) is 11.9. The predicted molar refractivity (Wildman–Crippen MR) is 91.5 cm³/mol. The van der Waals surface area contributed by atoms with E-state index in [4.69, 9.17) is 9.47 Å². The molecule has 2 aromatic carbocycles. The number of nitrogens with zero attached hydrogens (tertiary/aromatic N) is 1. The van der Waals surface area contributed by atoms with Gasteiger partial charge in [-0.3, -0.25) is 9.59 Å². The van der Waals surface area contributed by atoms with E-state index in [1.807, 2.05) is 0 Å². The zero-order valence-corrected chi connectivity index (χ0v) is 14.2. The number of carbonyl (C=O) groups is 2. The standard InChI is InChI=1S/C18H19FN2O4/c1-21(18(23)15-9-12(19)7-8-16(15)25-3)11-17(22)20-13-5-4-6-14(10-13)24-2/h4-10H,11H2,1-3H3,(H,20,22). The molecule has 0 spiro atoms. The highest BCUT2D eigenvalue weighted by atomic mass is 19.1. The monoisotopic (exact) mass is 346 g/mol. The molecule has 0 aliphatic rings. The number of halogens is 1. The Morgan fingerprint density at radius 1 is 1.12 bits per heavy atom. The van der Waals surface area contributed by atoms with E-state index >= 15 is 0 Å².